The Morgan fingerprint density at radius 2 is 1.91 bits per heavy atom. The van der Waals surface area contributed by atoms with E-state index in [1.54, 1.807) is 11.8 Å². The number of halogens is 1. The molecule has 2 amide bonds. The van der Waals surface area contributed by atoms with E-state index in [1.165, 1.54) is 12.1 Å². The molecule has 3 aliphatic heterocycles. The molecule has 7 nitrogen and oxygen atoms in total. The zero-order valence-corrected chi connectivity index (χ0v) is 19.2. The quantitative estimate of drug-likeness (QED) is 0.719. The third-order valence-electron chi connectivity index (χ3n) is 7.60. The molecule has 3 N–H and O–H groups in total. The van der Waals surface area contributed by atoms with Crippen LogP contribution in [0.3, 0.4) is 0 Å². The van der Waals surface area contributed by atoms with Gasteiger partial charge < -0.3 is 20.9 Å². The standard InChI is InChI=1S/C24H36FN5O2/c1-17-16-30(21-5-3-19(25)4-6-21)14-13-28(17)10-7-20-15-24(23(32)27-20)8-11-29(12-9-24)22(31)18(2)26/h3-6,17-18,20H,7-16,26H2,1-2H3,(H,27,32)/t17-,18?,20-/m0/s1. The second kappa shape index (κ2) is 9.35. The Morgan fingerprint density at radius 3 is 2.53 bits per heavy atom. The molecule has 176 valence electrons. The summed E-state index contributed by atoms with van der Waals surface area (Å²) in [5.41, 5.74) is 6.48. The average Bonchev–Trinajstić information content (AvgIpc) is 3.08. The van der Waals surface area contributed by atoms with E-state index in [1.807, 2.05) is 12.1 Å². The summed E-state index contributed by atoms with van der Waals surface area (Å²) in [5, 5.41) is 3.24. The first kappa shape index (κ1) is 23.0. The highest BCUT2D eigenvalue weighted by atomic mass is 19.1. The van der Waals surface area contributed by atoms with Gasteiger partial charge in [0.2, 0.25) is 11.8 Å². The molecule has 1 spiro atoms. The fourth-order valence-corrected chi connectivity index (χ4v) is 5.54. The van der Waals surface area contributed by atoms with Crippen LogP contribution in [-0.4, -0.2) is 79.0 Å². The third-order valence-corrected chi connectivity index (χ3v) is 7.60. The lowest BCUT2D eigenvalue weighted by Gasteiger charge is -2.41. The van der Waals surface area contributed by atoms with E-state index in [2.05, 4.69) is 22.0 Å². The Labute approximate surface area is 190 Å². The second-order valence-corrected chi connectivity index (χ2v) is 9.86. The minimum absolute atomic E-state index is 0.0245. The first-order valence-corrected chi connectivity index (χ1v) is 11.9. The van der Waals surface area contributed by atoms with Gasteiger partial charge >= 0.3 is 0 Å². The Morgan fingerprint density at radius 1 is 1.22 bits per heavy atom. The van der Waals surface area contributed by atoms with Crippen molar-refractivity contribution in [2.75, 3.05) is 44.2 Å². The summed E-state index contributed by atoms with van der Waals surface area (Å²) in [6, 6.07) is 6.83. The number of likely N-dealkylation sites (tertiary alicyclic amines) is 1. The summed E-state index contributed by atoms with van der Waals surface area (Å²) < 4.78 is 13.2. The monoisotopic (exact) mass is 445 g/mol. The number of amides is 2. The highest BCUT2D eigenvalue weighted by Crippen LogP contribution is 2.41. The number of rotatable bonds is 5. The number of carbonyl (C=O) groups excluding carboxylic acids is 2. The van der Waals surface area contributed by atoms with Gasteiger partial charge in [0.25, 0.3) is 0 Å². The summed E-state index contributed by atoms with van der Waals surface area (Å²) in [5.74, 6) is -0.0730. The fourth-order valence-electron chi connectivity index (χ4n) is 5.54. The van der Waals surface area contributed by atoms with Crippen molar-refractivity contribution in [3.05, 3.63) is 30.1 Å². The summed E-state index contributed by atoms with van der Waals surface area (Å²) in [4.78, 5) is 31.6. The van der Waals surface area contributed by atoms with Crippen molar-refractivity contribution >= 4 is 17.5 Å². The van der Waals surface area contributed by atoms with Crippen LogP contribution in [-0.2, 0) is 9.59 Å². The van der Waals surface area contributed by atoms with Crippen molar-refractivity contribution in [1.82, 2.24) is 15.1 Å². The summed E-state index contributed by atoms with van der Waals surface area (Å²) in [7, 11) is 0. The normalized spacial score (nSPS) is 26.9. The Kier molecular flexibility index (Phi) is 6.72. The molecule has 0 aromatic heterocycles. The average molecular weight is 446 g/mol. The molecule has 8 heteroatoms. The largest absolute Gasteiger partial charge is 0.369 e. The van der Waals surface area contributed by atoms with Gasteiger partial charge in [-0.25, -0.2) is 4.39 Å². The zero-order chi connectivity index (χ0) is 22.9. The van der Waals surface area contributed by atoms with Crippen LogP contribution in [0.2, 0.25) is 0 Å². The molecule has 0 radical (unpaired) electrons. The van der Waals surface area contributed by atoms with Crippen LogP contribution in [0.25, 0.3) is 0 Å². The van der Waals surface area contributed by atoms with E-state index in [4.69, 9.17) is 5.73 Å². The number of nitrogens with two attached hydrogens (primary N) is 1. The topological polar surface area (TPSA) is 81.9 Å². The minimum atomic E-state index is -0.486. The van der Waals surface area contributed by atoms with Crippen LogP contribution >= 0.6 is 0 Å². The molecule has 3 saturated heterocycles. The number of carbonyl (C=O) groups is 2. The van der Waals surface area contributed by atoms with Crippen LogP contribution in [0.5, 0.6) is 0 Å². The van der Waals surface area contributed by atoms with Gasteiger partial charge in [0.05, 0.1) is 11.5 Å². The molecule has 3 aliphatic rings. The van der Waals surface area contributed by atoms with Crippen molar-refractivity contribution in [1.29, 1.82) is 0 Å². The third kappa shape index (κ3) is 4.76. The van der Waals surface area contributed by atoms with E-state index in [0.29, 0.717) is 19.1 Å². The number of piperazine rings is 1. The minimum Gasteiger partial charge on any atom is -0.369 e. The lowest BCUT2D eigenvalue weighted by molar-refractivity contribution is -0.139. The lowest BCUT2D eigenvalue weighted by atomic mass is 9.75. The molecule has 32 heavy (non-hydrogen) atoms. The van der Waals surface area contributed by atoms with Crippen molar-refractivity contribution in [3.63, 3.8) is 0 Å². The van der Waals surface area contributed by atoms with E-state index in [0.717, 1.165) is 57.5 Å². The maximum atomic E-state index is 13.2. The fraction of sp³-hybridized carbons (Fsp3) is 0.667. The molecule has 3 heterocycles. The molecule has 1 unspecified atom stereocenters. The smallest absolute Gasteiger partial charge is 0.239 e. The Balaban J connectivity index is 1.25. The number of anilines is 1. The molecule has 1 aromatic carbocycles. The molecule has 0 saturated carbocycles. The molecular weight excluding hydrogens is 409 g/mol. The lowest BCUT2D eigenvalue weighted by Crippen LogP contribution is -2.52. The van der Waals surface area contributed by atoms with Crippen molar-refractivity contribution in [2.45, 2.75) is 57.7 Å². The van der Waals surface area contributed by atoms with Gasteiger partial charge in [-0.2, -0.15) is 0 Å². The van der Waals surface area contributed by atoms with E-state index >= 15 is 0 Å². The maximum Gasteiger partial charge on any atom is 0.239 e. The molecule has 0 bridgehead atoms. The van der Waals surface area contributed by atoms with Gasteiger partial charge in [-0.3, -0.25) is 14.5 Å². The molecular formula is C24H36FN5O2. The summed E-state index contributed by atoms with van der Waals surface area (Å²) in [6.07, 6.45) is 3.24. The first-order valence-electron chi connectivity index (χ1n) is 11.9. The van der Waals surface area contributed by atoms with Gasteiger partial charge in [0.1, 0.15) is 5.82 Å². The number of hydrogen-bond acceptors (Lipinski definition) is 5. The van der Waals surface area contributed by atoms with Crippen LogP contribution in [0.15, 0.2) is 24.3 Å². The molecule has 0 aliphatic carbocycles. The van der Waals surface area contributed by atoms with E-state index in [9.17, 15) is 14.0 Å². The molecule has 1 aromatic rings. The number of nitrogens with one attached hydrogen (secondary N) is 1. The van der Waals surface area contributed by atoms with Gasteiger partial charge in [0.15, 0.2) is 0 Å². The van der Waals surface area contributed by atoms with Crippen molar-refractivity contribution in [3.8, 4) is 0 Å². The van der Waals surface area contributed by atoms with Gasteiger partial charge in [-0.15, -0.1) is 0 Å². The van der Waals surface area contributed by atoms with Gasteiger partial charge in [-0.05, 0) is 63.8 Å². The van der Waals surface area contributed by atoms with E-state index in [-0.39, 0.29) is 29.1 Å². The maximum absolute atomic E-state index is 13.2. The number of nitrogens with zero attached hydrogens (tertiary/aromatic N) is 3. The van der Waals surface area contributed by atoms with Gasteiger partial charge in [-0.1, -0.05) is 0 Å². The predicted octanol–water partition coefficient (Wildman–Crippen LogP) is 1.57. The second-order valence-electron chi connectivity index (χ2n) is 9.86. The molecule has 3 atom stereocenters. The number of benzene rings is 1. The van der Waals surface area contributed by atoms with Crippen molar-refractivity contribution < 1.29 is 14.0 Å². The number of piperidine rings is 1. The summed E-state index contributed by atoms with van der Waals surface area (Å²) >= 11 is 0. The van der Waals surface area contributed by atoms with Crippen LogP contribution in [0, 0.1) is 11.2 Å². The molecule has 3 fully saturated rings. The summed E-state index contributed by atoms with van der Waals surface area (Å²) in [6.45, 7) is 8.91. The molecule has 4 rings (SSSR count). The predicted molar refractivity (Wildman–Crippen MR) is 123 cm³/mol. The Hall–Kier alpha value is -2.19. The highest BCUT2D eigenvalue weighted by molar-refractivity contribution is 5.86. The van der Waals surface area contributed by atoms with Gasteiger partial charge in [0, 0.05) is 57.0 Å². The Bertz CT molecular complexity index is 822. The first-order chi connectivity index (χ1) is 15.3. The van der Waals surface area contributed by atoms with E-state index < -0.39 is 6.04 Å². The SMILES string of the molecule is CC(N)C(=O)N1CCC2(CC1)C[C@H](CCN1CCN(c3ccc(F)cc3)C[C@@H]1C)NC2=O. The van der Waals surface area contributed by atoms with Crippen LogP contribution in [0.4, 0.5) is 10.1 Å². The van der Waals surface area contributed by atoms with Crippen LogP contribution < -0.4 is 16.0 Å². The van der Waals surface area contributed by atoms with Crippen molar-refractivity contribution in [2.24, 2.45) is 11.1 Å². The number of hydrogen-bond donors (Lipinski definition) is 2. The van der Waals surface area contributed by atoms with Crippen LogP contribution in [0.1, 0.15) is 39.5 Å². The zero-order valence-electron chi connectivity index (χ0n) is 19.2. The highest BCUT2D eigenvalue weighted by Gasteiger charge is 2.48.